The van der Waals surface area contributed by atoms with Crippen molar-refractivity contribution in [3.05, 3.63) is 39.4 Å². The van der Waals surface area contributed by atoms with Crippen molar-refractivity contribution in [1.82, 2.24) is 0 Å². The van der Waals surface area contributed by atoms with Gasteiger partial charge in [0.1, 0.15) is 6.10 Å². The van der Waals surface area contributed by atoms with Crippen LogP contribution < -0.4 is 0 Å². The molecule has 0 aliphatic rings. The van der Waals surface area contributed by atoms with E-state index >= 15 is 0 Å². The highest BCUT2D eigenvalue weighted by Crippen LogP contribution is 2.37. The minimum absolute atomic E-state index is 0.0513. The lowest BCUT2D eigenvalue weighted by atomic mass is 9.96. The van der Waals surface area contributed by atoms with E-state index in [1.54, 1.807) is 0 Å². The van der Waals surface area contributed by atoms with Gasteiger partial charge in [0.05, 0.1) is 16.6 Å². The molecule has 112 valence electrons. The van der Waals surface area contributed by atoms with Gasteiger partial charge in [0, 0.05) is 17.7 Å². The van der Waals surface area contributed by atoms with Crippen molar-refractivity contribution < 1.29 is 28.3 Å². The van der Waals surface area contributed by atoms with Crippen molar-refractivity contribution in [3.8, 4) is 0 Å². The molecule has 0 fully saturated rings. The first-order valence-corrected chi connectivity index (χ1v) is 6.14. The number of hydrogen-bond acceptors (Lipinski definition) is 5. The zero-order valence-corrected chi connectivity index (χ0v) is 10.9. The van der Waals surface area contributed by atoms with E-state index < -0.39 is 40.1 Å². The van der Waals surface area contributed by atoms with Crippen molar-refractivity contribution in [2.45, 2.75) is 24.8 Å². The van der Waals surface area contributed by atoms with Gasteiger partial charge < -0.3 is 10.2 Å². The number of thiol groups is 1. The van der Waals surface area contributed by atoms with E-state index in [2.05, 4.69) is 12.6 Å². The van der Waals surface area contributed by atoms with Crippen LogP contribution in [0.4, 0.5) is 18.9 Å². The lowest BCUT2D eigenvalue weighted by molar-refractivity contribution is -0.385. The highest BCUT2D eigenvalue weighted by atomic mass is 32.1. The van der Waals surface area contributed by atoms with Crippen molar-refractivity contribution in [3.63, 3.8) is 0 Å². The zero-order chi connectivity index (χ0) is 15.5. The van der Waals surface area contributed by atoms with Crippen LogP contribution in [-0.4, -0.2) is 27.0 Å². The Morgan fingerprint density at radius 2 is 1.95 bits per heavy atom. The molecule has 1 aromatic rings. The van der Waals surface area contributed by atoms with Crippen molar-refractivity contribution >= 4 is 18.3 Å². The molecule has 0 saturated heterocycles. The molecule has 0 aromatic heterocycles. The van der Waals surface area contributed by atoms with E-state index in [4.69, 9.17) is 0 Å². The van der Waals surface area contributed by atoms with E-state index in [9.17, 15) is 33.5 Å². The second-order valence-corrected chi connectivity index (χ2v) is 4.50. The van der Waals surface area contributed by atoms with Crippen molar-refractivity contribution in [2.75, 3.05) is 5.75 Å². The van der Waals surface area contributed by atoms with Gasteiger partial charge in [-0.15, -0.1) is 0 Å². The molecule has 1 rings (SSSR count). The minimum atomic E-state index is -4.79. The maximum absolute atomic E-state index is 12.8. The molecule has 0 amide bonds. The van der Waals surface area contributed by atoms with Crippen LogP contribution in [0.2, 0.25) is 0 Å². The summed E-state index contributed by atoms with van der Waals surface area (Å²) < 4.78 is 38.4. The molecule has 20 heavy (non-hydrogen) atoms. The predicted octanol–water partition coefficient (Wildman–Crippen LogP) is 2.33. The number of nitrogens with zero attached hydrogens (tertiary/aromatic N) is 1. The first-order valence-electron chi connectivity index (χ1n) is 5.51. The Morgan fingerprint density at radius 3 is 2.40 bits per heavy atom. The molecule has 0 radical (unpaired) electrons. The third kappa shape index (κ3) is 3.84. The number of aliphatic hydroxyl groups is 2. The van der Waals surface area contributed by atoms with Crippen molar-refractivity contribution in [1.29, 1.82) is 0 Å². The number of non-ortho nitro benzene ring substituents is 1. The standard InChI is InChI=1S/C11H12F3NO4S/c12-11(13,14)8-2-1-6(15(18)19)5-7(8)10(17)9(16)3-4-20/h1-2,5,9-10,16-17,20H,3-4H2. The quantitative estimate of drug-likeness (QED) is 0.443. The molecule has 5 nitrogen and oxygen atoms in total. The Hall–Kier alpha value is -1.32. The van der Waals surface area contributed by atoms with Gasteiger partial charge in [-0.1, -0.05) is 0 Å². The highest BCUT2D eigenvalue weighted by Gasteiger charge is 2.37. The van der Waals surface area contributed by atoms with Gasteiger partial charge in [-0.05, 0) is 18.2 Å². The minimum Gasteiger partial charge on any atom is -0.390 e. The van der Waals surface area contributed by atoms with E-state index in [1.165, 1.54) is 0 Å². The summed E-state index contributed by atoms with van der Waals surface area (Å²) in [5.74, 6) is 0.147. The van der Waals surface area contributed by atoms with Gasteiger partial charge in [0.2, 0.25) is 0 Å². The van der Waals surface area contributed by atoms with Crippen LogP contribution in [0.5, 0.6) is 0 Å². The molecule has 0 spiro atoms. The Bertz CT molecular complexity index is 495. The normalized spacial score (nSPS) is 14.9. The zero-order valence-electron chi connectivity index (χ0n) is 10.0. The first-order chi connectivity index (χ1) is 9.18. The third-order valence-electron chi connectivity index (χ3n) is 2.66. The van der Waals surface area contributed by atoms with Crippen LogP contribution in [-0.2, 0) is 6.18 Å². The third-order valence-corrected chi connectivity index (χ3v) is 2.92. The van der Waals surface area contributed by atoms with Crippen LogP contribution in [0.15, 0.2) is 18.2 Å². The SMILES string of the molecule is O=[N+]([O-])c1ccc(C(F)(F)F)c(C(O)C(O)CCS)c1. The van der Waals surface area contributed by atoms with Crippen LogP contribution in [0.25, 0.3) is 0 Å². The molecule has 9 heteroatoms. The van der Waals surface area contributed by atoms with Gasteiger partial charge in [-0.25, -0.2) is 0 Å². The summed E-state index contributed by atoms with van der Waals surface area (Å²) in [5.41, 5.74) is -2.53. The second kappa shape index (κ2) is 6.42. The molecule has 0 aliphatic heterocycles. The van der Waals surface area contributed by atoms with E-state index in [1.807, 2.05) is 0 Å². The monoisotopic (exact) mass is 311 g/mol. The van der Waals surface area contributed by atoms with E-state index in [0.29, 0.717) is 18.2 Å². The van der Waals surface area contributed by atoms with Crippen LogP contribution in [0, 0.1) is 10.1 Å². The molecule has 0 saturated carbocycles. The van der Waals surface area contributed by atoms with Gasteiger partial charge >= 0.3 is 6.18 Å². The number of nitro groups is 1. The lowest BCUT2D eigenvalue weighted by Crippen LogP contribution is -2.22. The summed E-state index contributed by atoms with van der Waals surface area (Å²) in [6.45, 7) is 0. The fraction of sp³-hybridized carbons (Fsp3) is 0.455. The number of rotatable bonds is 5. The maximum atomic E-state index is 12.8. The summed E-state index contributed by atoms with van der Waals surface area (Å²) in [6.07, 6.45) is -8.20. The number of halogens is 3. The molecule has 1 aromatic carbocycles. The molecule has 0 aliphatic carbocycles. The molecule has 2 atom stereocenters. The lowest BCUT2D eigenvalue weighted by Gasteiger charge is -2.21. The van der Waals surface area contributed by atoms with Gasteiger partial charge in [0.15, 0.2) is 0 Å². The topological polar surface area (TPSA) is 83.6 Å². The summed E-state index contributed by atoms with van der Waals surface area (Å²) in [7, 11) is 0. The summed E-state index contributed by atoms with van der Waals surface area (Å²) in [6, 6.07) is 1.84. The fourth-order valence-electron chi connectivity index (χ4n) is 1.66. The van der Waals surface area contributed by atoms with Gasteiger partial charge in [-0.2, -0.15) is 25.8 Å². The molecular formula is C11H12F3NO4S. The number of alkyl halides is 3. The van der Waals surface area contributed by atoms with Crippen LogP contribution in [0.3, 0.4) is 0 Å². The predicted molar refractivity (Wildman–Crippen MR) is 67.5 cm³/mol. The fourth-order valence-corrected chi connectivity index (χ4v) is 1.93. The van der Waals surface area contributed by atoms with E-state index in [-0.39, 0.29) is 12.2 Å². The Balaban J connectivity index is 3.31. The van der Waals surface area contributed by atoms with Gasteiger partial charge in [0.25, 0.3) is 5.69 Å². The number of aliphatic hydroxyl groups excluding tert-OH is 2. The van der Waals surface area contributed by atoms with Gasteiger partial charge in [-0.3, -0.25) is 10.1 Å². The van der Waals surface area contributed by atoms with Crippen molar-refractivity contribution in [2.24, 2.45) is 0 Å². The average Bonchev–Trinajstić information content (AvgIpc) is 2.36. The average molecular weight is 311 g/mol. The highest BCUT2D eigenvalue weighted by molar-refractivity contribution is 7.80. The smallest absolute Gasteiger partial charge is 0.390 e. The van der Waals surface area contributed by atoms with Crippen LogP contribution in [0.1, 0.15) is 23.7 Å². The second-order valence-electron chi connectivity index (χ2n) is 4.05. The molecule has 2 unspecified atom stereocenters. The number of nitro benzene ring substituents is 1. The maximum Gasteiger partial charge on any atom is 0.416 e. The van der Waals surface area contributed by atoms with Crippen LogP contribution >= 0.6 is 12.6 Å². The Kier molecular flexibility index (Phi) is 5.37. The molecule has 0 heterocycles. The summed E-state index contributed by atoms with van der Waals surface area (Å²) >= 11 is 3.80. The Labute approximate surface area is 117 Å². The number of benzene rings is 1. The molecular weight excluding hydrogens is 299 g/mol. The van der Waals surface area contributed by atoms with E-state index in [0.717, 1.165) is 0 Å². The summed E-state index contributed by atoms with van der Waals surface area (Å²) in [4.78, 5) is 9.73. The molecule has 0 bridgehead atoms. The molecule has 2 N–H and O–H groups in total. The Morgan fingerprint density at radius 1 is 1.35 bits per heavy atom. The number of hydrogen-bond donors (Lipinski definition) is 3. The first kappa shape index (κ1) is 16.7. The largest absolute Gasteiger partial charge is 0.416 e. The summed E-state index contributed by atoms with van der Waals surface area (Å²) in [5, 5.41) is 29.9.